The lowest BCUT2D eigenvalue weighted by Gasteiger charge is -2.28. The number of carboxylic acid groups (broad SMARTS) is 1. The molecule has 2 rings (SSSR count). The Hall–Kier alpha value is -2.08. The number of hydrogen-bond donors (Lipinski definition) is 2. The number of nitrogens with zero attached hydrogens (tertiary/aromatic N) is 1. The summed E-state index contributed by atoms with van der Waals surface area (Å²) in [7, 11) is 0. The van der Waals surface area contributed by atoms with Crippen LogP contribution in [0.5, 0.6) is 5.75 Å². The number of β-amino-alcohol motifs (C(OH)–C–C–N with tert-alkyl or cyclic N) is 1. The van der Waals surface area contributed by atoms with Crippen LogP contribution in [0.25, 0.3) is 0 Å². The average Bonchev–Trinajstić information content (AvgIpc) is 2.32. The van der Waals surface area contributed by atoms with Crippen molar-refractivity contribution in [3.63, 3.8) is 0 Å². The van der Waals surface area contributed by atoms with Gasteiger partial charge in [-0.25, -0.2) is 4.79 Å². The molecule has 0 unspecified atom stereocenters. The Morgan fingerprint density at radius 3 is 2.88 bits per heavy atom. The number of benzene rings is 1. The minimum atomic E-state index is -1.05. The van der Waals surface area contributed by atoms with Crippen molar-refractivity contribution >= 4 is 17.6 Å². The number of aliphatic hydroxyl groups is 1. The molecule has 0 bridgehead atoms. The first kappa shape index (κ1) is 11.4. The van der Waals surface area contributed by atoms with Crippen LogP contribution >= 0.6 is 0 Å². The summed E-state index contributed by atoms with van der Waals surface area (Å²) >= 11 is 0. The summed E-state index contributed by atoms with van der Waals surface area (Å²) in [5.74, 6) is -0.963. The van der Waals surface area contributed by atoms with Gasteiger partial charge in [0.15, 0.2) is 6.61 Å². The number of anilines is 1. The molecule has 0 saturated heterocycles. The van der Waals surface area contributed by atoms with Crippen molar-refractivity contribution in [2.24, 2.45) is 0 Å². The van der Waals surface area contributed by atoms with Gasteiger partial charge in [-0.1, -0.05) is 0 Å². The predicted molar refractivity (Wildman–Crippen MR) is 58.3 cm³/mol. The fourth-order valence-corrected chi connectivity index (χ4v) is 1.68. The van der Waals surface area contributed by atoms with Gasteiger partial charge in [-0.3, -0.25) is 4.79 Å². The molecule has 0 fully saturated rings. The zero-order valence-corrected chi connectivity index (χ0v) is 8.92. The maximum atomic E-state index is 11.5. The smallest absolute Gasteiger partial charge is 0.335 e. The quantitative estimate of drug-likeness (QED) is 0.778. The zero-order chi connectivity index (χ0) is 12.4. The molecular weight excluding hydrogens is 226 g/mol. The molecule has 1 heterocycles. The van der Waals surface area contributed by atoms with Crippen molar-refractivity contribution in [1.82, 2.24) is 0 Å². The first-order valence-electron chi connectivity index (χ1n) is 5.05. The van der Waals surface area contributed by atoms with Crippen molar-refractivity contribution in [2.75, 3.05) is 24.7 Å². The highest BCUT2D eigenvalue weighted by molar-refractivity contribution is 5.99. The van der Waals surface area contributed by atoms with Crippen LogP contribution in [-0.4, -0.2) is 41.8 Å². The molecule has 2 N–H and O–H groups in total. The summed E-state index contributed by atoms with van der Waals surface area (Å²) in [5, 5.41) is 17.7. The maximum absolute atomic E-state index is 11.5. The lowest BCUT2D eigenvalue weighted by Crippen LogP contribution is -2.40. The van der Waals surface area contributed by atoms with E-state index in [1.54, 1.807) is 0 Å². The van der Waals surface area contributed by atoms with E-state index in [9.17, 15) is 9.59 Å². The standard InChI is InChI=1S/C11H11NO5/c13-4-3-12-8-2-1-7(11(15)16)5-9(8)17-6-10(12)14/h1-2,5,13H,3-4,6H2,(H,15,16). The lowest BCUT2D eigenvalue weighted by molar-refractivity contribution is -0.121. The summed E-state index contributed by atoms with van der Waals surface area (Å²) in [6.45, 7) is -0.135. The first-order chi connectivity index (χ1) is 8.13. The van der Waals surface area contributed by atoms with Crippen molar-refractivity contribution in [1.29, 1.82) is 0 Å². The SMILES string of the molecule is O=C(O)c1ccc2c(c1)OCC(=O)N2CCO. The van der Waals surface area contributed by atoms with E-state index in [0.29, 0.717) is 11.4 Å². The fourth-order valence-electron chi connectivity index (χ4n) is 1.68. The number of carbonyl (C=O) groups excluding carboxylic acids is 1. The van der Waals surface area contributed by atoms with Crippen LogP contribution in [0.15, 0.2) is 18.2 Å². The Labute approximate surface area is 97.0 Å². The maximum Gasteiger partial charge on any atom is 0.335 e. The number of hydrogen-bond acceptors (Lipinski definition) is 4. The topological polar surface area (TPSA) is 87.1 Å². The summed E-state index contributed by atoms with van der Waals surface area (Å²) in [5.41, 5.74) is 0.586. The van der Waals surface area contributed by atoms with Gasteiger partial charge < -0.3 is 19.8 Å². The highest BCUT2D eigenvalue weighted by Crippen LogP contribution is 2.32. The number of carboxylic acids is 1. The van der Waals surface area contributed by atoms with Crippen molar-refractivity contribution in [3.8, 4) is 5.75 Å². The van der Waals surface area contributed by atoms with Gasteiger partial charge in [0.05, 0.1) is 17.9 Å². The van der Waals surface area contributed by atoms with E-state index in [2.05, 4.69) is 0 Å². The van der Waals surface area contributed by atoms with Crippen LogP contribution in [-0.2, 0) is 4.79 Å². The number of carbonyl (C=O) groups is 2. The summed E-state index contributed by atoms with van der Waals surface area (Å²) in [4.78, 5) is 23.7. The van der Waals surface area contributed by atoms with Gasteiger partial charge in [-0.05, 0) is 18.2 Å². The minimum Gasteiger partial charge on any atom is -0.482 e. The van der Waals surface area contributed by atoms with Crippen LogP contribution in [0.3, 0.4) is 0 Å². The summed E-state index contributed by atoms with van der Waals surface area (Å²) < 4.78 is 5.17. The van der Waals surface area contributed by atoms with Gasteiger partial charge in [0.2, 0.25) is 0 Å². The minimum absolute atomic E-state index is 0.0991. The molecule has 17 heavy (non-hydrogen) atoms. The van der Waals surface area contributed by atoms with Gasteiger partial charge >= 0.3 is 5.97 Å². The molecule has 0 saturated carbocycles. The molecule has 6 nitrogen and oxygen atoms in total. The second-order valence-electron chi connectivity index (χ2n) is 3.55. The van der Waals surface area contributed by atoms with Gasteiger partial charge in [0.1, 0.15) is 5.75 Å². The zero-order valence-electron chi connectivity index (χ0n) is 8.92. The van der Waals surface area contributed by atoms with Crippen LogP contribution in [0.1, 0.15) is 10.4 Å². The normalized spacial score (nSPS) is 14.2. The molecule has 1 aromatic carbocycles. The first-order valence-corrected chi connectivity index (χ1v) is 5.05. The van der Waals surface area contributed by atoms with Gasteiger partial charge in [-0.15, -0.1) is 0 Å². The molecule has 1 aliphatic rings. The molecule has 0 aliphatic carbocycles. The van der Waals surface area contributed by atoms with Crippen molar-refractivity contribution in [2.45, 2.75) is 0 Å². The summed E-state index contributed by atoms with van der Waals surface area (Å²) in [6, 6.07) is 4.27. The number of rotatable bonds is 3. The molecular formula is C11H11NO5. The largest absolute Gasteiger partial charge is 0.482 e. The number of aromatic carboxylic acids is 1. The third-order valence-corrected chi connectivity index (χ3v) is 2.47. The number of amides is 1. The second kappa shape index (κ2) is 4.42. The molecule has 0 atom stereocenters. The highest BCUT2D eigenvalue weighted by atomic mass is 16.5. The predicted octanol–water partition coefficient (Wildman–Crippen LogP) is 0.102. The molecule has 0 spiro atoms. The van der Waals surface area contributed by atoms with E-state index in [0.717, 1.165) is 0 Å². The Kier molecular flexibility index (Phi) is 2.97. The third kappa shape index (κ3) is 2.07. The van der Waals surface area contributed by atoms with Crippen LogP contribution in [0.4, 0.5) is 5.69 Å². The number of ether oxygens (including phenoxy) is 1. The Morgan fingerprint density at radius 1 is 1.47 bits per heavy atom. The van der Waals surface area contributed by atoms with E-state index < -0.39 is 5.97 Å². The van der Waals surface area contributed by atoms with E-state index in [1.807, 2.05) is 0 Å². The Bertz CT molecular complexity index is 471. The van der Waals surface area contributed by atoms with Gasteiger partial charge in [0.25, 0.3) is 5.91 Å². The molecule has 0 aromatic heterocycles. The summed E-state index contributed by atoms with van der Waals surface area (Å²) in [6.07, 6.45) is 0. The van der Waals surface area contributed by atoms with E-state index in [4.69, 9.17) is 14.9 Å². The molecule has 1 amide bonds. The van der Waals surface area contributed by atoms with Crippen molar-refractivity contribution in [3.05, 3.63) is 23.8 Å². The molecule has 1 aliphatic heterocycles. The molecule has 6 heteroatoms. The Balaban J connectivity index is 2.40. The van der Waals surface area contributed by atoms with Gasteiger partial charge in [-0.2, -0.15) is 0 Å². The fraction of sp³-hybridized carbons (Fsp3) is 0.273. The van der Waals surface area contributed by atoms with Crippen LogP contribution in [0.2, 0.25) is 0 Å². The second-order valence-corrected chi connectivity index (χ2v) is 3.55. The number of fused-ring (bicyclic) bond motifs is 1. The van der Waals surface area contributed by atoms with E-state index in [-0.39, 0.29) is 31.2 Å². The third-order valence-electron chi connectivity index (χ3n) is 2.47. The monoisotopic (exact) mass is 237 g/mol. The van der Waals surface area contributed by atoms with E-state index in [1.165, 1.54) is 23.1 Å². The number of aliphatic hydroxyl groups excluding tert-OH is 1. The average molecular weight is 237 g/mol. The van der Waals surface area contributed by atoms with Crippen molar-refractivity contribution < 1.29 is 24.5 Å². The highest BCUT2D eigenvalue weighted by Gasteiger charge is 2.25. The lowest BCUT2D eigenvalue weighted by atomic mass is 10.1. The molecule has 0 radical (unpaired) electrons. The van der Waals surface area contributed by atoms with Crippen LogP contribution < -0.4 is 9.64 Å². The Morgan fingerprint density at radius 2 is 2.24 bits per heavy atom. The van der Waals surface area contributed by atoms with Crippen LogP contribution in [0, 0.1) is 0 Å². The molecule has 1 aromatic rings. The molecule has 90 valence electrons. The van der Waals surface area contributed by atoms with Gasteiger partial charge in [0, 0.05) is 6.54 Å². The van der Waals surface area contributed by atoms with E-state index >= 15 is 0 Å².